The first-order valence-corrected chi connectivity index (χ1v) is 8.15. The molecule has 4 atom stereocenters. The number of fused-ring (bicyclic) bond motifs is 2. The number of likely N-dealkylation sites (N-methyl/N-ethyl adjacent to an activating group) is 1. The molecule has 2 saturated carbocycles. The monoisotopic (exact) mass is 303 g/mol. The van der Waals surface area contributed by atoms with Crippen LogP contribution in [0, 0.1) is 17.8 Å². The minimum Gasteiger partial charge on any atom is -0.497 e. The molecule has 2 fully saturated rings. The second-order valence-corrected chi connectivity index (χ2v) is 6.70. The van der Waals surface area contributed by atoms with Crippen LogP contribution in [-0.2, 0) is 4.79 Å². The van der Waals surface area contributed by atoms with Gasteiger partial charge in [0.2, 0.25) is 5.91 Å². The number of methoxy groups -OCH3 is 1. The molecule has 120 valence electrons. The van der Waals surface area contributed by atoms with Crippen LogP contribution in [0.4, 0.5) is 0 Å². The maximum atomic E-state index is 12.8. The molecular weight excluding hydrogens is 278 g/mol. The van der Waals surface area contributed by atoms with Crippen LogP contribution >= 0.6 is 0 Å². The highest BCUT2D eigenvalue weighted by atomic mass is 16.5. The summed E-state index contributed by atoms with van der Waals surface area (Å²) in [5, 5.41) is 9.77. The van der Waals surface area contributed by atoms with E-state index in [9.17, 15) is 9.90 Å². The zero-order valence-electron chi connectivity index (χ0n) is 13.4. The largest absolute Gasteiger partial charge is 0.497 e. The Morgan fingerprint density at radius 3 is 2.55 bits per heavy atom. The molecule has 1 amide bonds. The van der Waals surface area contributed by atoms with E-state index in [1.54, 1.807) is 12.0 Å². The highest BCUT2D eigenvalue weighted by molar-refractivity contribution is 5.80. The molecule has 2 aliphatic rings. The van der Waals surface area contributed by atoms with Gasteiger partial charge in [-0.1, -0.05) is 18.6 Å². The number of hydrogen-bond donors (Lipinski definition) is 1. The van der Waals surface area contributed by atoms with Crippen LogP contribution in [0.3, 0.4) is 0 Å². The third-order valence-electron chi connectivity index (χ3n) is 5.54. The van der Waals surface area contributed by atoms with E-state index >= 15 is 0 Å². The lowest BCUT2D eigenvalue weighted by Crippen LogP contribution is -2.39. The van der Waals surface area contributed by atoms with Crippen LogP contribution < -0.4 is 4.74 Å². The van der Waals surface area contributed by atoms with Crippen molar-refractivity contribution in [1.82, 2.24) is 4.90 Å². The van der Waals surface area contributed by atoms with Gasteiger partial charge in [-0.05, 0) is 48.8 Å². The van der Waals surface area contributed by atoms with E-state index in [1.165, 1.54) is 19.3 Å². The van der Waals surface area contributed by atoms with Crippen LogP contribution in [0.15, 0.2) is 24.3 Å². The third-order valence-corrected chi connectivity index (χ3v) is 5.54. The summed E-state index contributed by atoms with van der Waals surface area (Å²) in [5.74, 6) is 2.46. The van der Waals surface area contributed by atoms with Crippen molar-refractivity contribution >= 4 is 5.91 Å². The molecule has 1 aromatic carbocycles. The summed E-state index contributed by atoms with van der Waals surface area (Å²) in [6.07, 6.45) is 4.74. The second kappa shape index (κ2) is 6.29. The Bertz CT molecular complexity index is 528. The van der Waals surface area contributed by atoms with Gasteiger partial charge in [-0.15, -0.1) is 0 Å². The first-order valence-electron chi connectivity index (χ1n) is 8.15. The van der Waals surface area contributed by atoms with Gasteiger partial charge in [0.05, 0.1) is 19.8 Å². The smallest absolute Gasteiger partial charge is 0.226 e. The number of amides is 1. The molecule has 0 unspecified atom stereocenters. The fourth-order valence-corrected chi connectivity index (χ4v) is 4.24. The van der Waals surface area contributed by atoms with Gasteiger partial charge in [0.1, 0.15) is 5.75 Å². The lowest BCUT2D eigenvalue weighted by molar-refractivity contribution is -0.139. The Kier molecular flexibility index (Phi) is 4.39. The number of rotatable bonds is 5. The van der Waals surface area contributed by atoms with Crippen molar-refractivity contribution < 1.29 is 14.6 Å². The van der Waals surface area contributed by atoms with Gasteiger partial charge in [0, 0.05) is 13.0 Å². The zero-order valence-corrected chi connectivity index (χ0v) is 13.4. The molecule has 2 aliphatic carbocycles. The summed E-state index contributed by atoms with van der Waals surface area (Å²) in [5.41, 5.74) is 0.947. The van der Waals surface area contributed by atoms with Gasteiger partial charge in [-0.2, -0.15) is 0 Å². The molecule has 2 bridgehead atoms. The fraction of sp³-hybridized carbons (Fsp3) is 0.611. The maximum absolute atomic E-state index is 12.8. The minimum absolute atomic E-state index is 0.0601. The topological polar surface area (TPSA) is 49.8 Å². The summed E-state index contributed by atoms with van der Waals surface area (Å²) in [7, 11) is 3.45. The van der Waals surface area contributed by atoms with Crippen molar-refractivity contribution in [2.24, 2.45) is 17.8 Å². The van der Waals surface area contributed by atoms with Crippen molar-refractivity contribution in [3.05, 3.63) is 29.8 Å². The van der Waals surface area contributed by atoms with Crippen molar-refractivity contribution in [3.63, 3.8) is 0 Å². The first-order chi connectivity index (χ1) is 10.6. The Morgan fingerprint density at radius 1 is 1.32 bits per heavy atom. The van der Waals surface area contributed by atoms with E-state index in [-0.39, 0.29) is 24.5 Å². The third kappa shape index (κ3) is 2.72. The minimum atomic E-state index is -0.280. The Hall–Kier alpha value is -1.55. The van der Waals surface area contributed by atoms with E-state index in [0.717, 1.165) is 23.7 Å². The van der Waals surface area contributed by atoms with E-state index in [0.29, 0.717) is 5.92 Å². The lowest BCUT2D eigenvalue weighted by Gasteiger charge is -2.32. The summed E-state index contributed by atoms with van der Waals surface area (Å²) in [6, 6.07) is 7.30. The van der Waals surface area contributed by atoms with Gasteiger partial charge in [-0.25, -0.2) is 0 Å². The standard InChI is InChI=1S/C18H25NO3/c1-19(18(21)16-10-12-3-4-14(16)9-12)17(11-20)13-5-7-15(22-2)8-6-13/h5-8,12,14,16-17,20H,3-4,9-11H2,1-2H3/t12-,14-,16+,17-/m0/s1. The van der Waals surface area contributed by atoms with Crippen LogP contribution in [-0.4, -0.2) is 36.7 Å². The van der Waals surface area contributed by atoms with Crippen molar-refractivity contribution in [3.8, 4) is 5.75 Å². The van der Waals surface area contributed by atoms with Crippen LogP contribution in [0.2, 0.25) is 0 Å². The molecule has 0 heterocycles. The van der Waals surface area contributed by atoms with E-state index in [2.05, 4.69) is 0 Å². The van der Waals surface area contributed by atoms with Gasteiger partial charge in [-0.3, -0.25) is 4.79 Å². The molecule has 4 nitrogen and oxygen atoms in total. The highest BCUT2D eigenvalue weighted by Gasteiger charge is 2.44. The maximum Gasteiger partial charge on any atom is 0.226 e. The van der Waals surface area contributed by atoms with E-state index in [1.807, 2.05) is 31.3 Å². The first kappa shape index (κ1) is 15.3. The lowest BCUT2D eigenvalue weighted by atomic mass is 9.87. The normalized spacial score (nSPS) is 27.7. The number of ether oxygens (including phenoxy) is 1. The molecule has 1 aromatic rings. The van der Waals surface area contributed by atoms with Gasteiger partial charge < -0.3 is 14.7 Å². The molecule has 22 heavy (non-hydrogen) atoms. The quantitative estimate of drug-likeness (QED) is 0.909. The van der Waals surface area contributed by atoms with E-state index in [4.69, 9.17) is 4.74 Å². The number of carbonyl (C=O) groups is 1. The molecule has 0 aliphatic heterocycles. The van der Waals surface area contributed by atoms with Crippen LogP contribution in [0.25, 0.3) is 0 Å². The predicted octanol–water partition coefficient (Wildman–Crippen LogP) is 2.62. The molecular formula is C18H25NO3. The molecule has 0 aromatic heterocycles. The van der Waals surface area contributed by atoms with Gasteiger partial charge in [0.15, 0.2) is 0 Å². The molecule has 0 saturated heterocycles. The van der Waals surface area contributed by atoms with Crippen LogP contribution in [0.5, 0.6) is 5.75 Å². The van der Waals surface area contributed by atoms with Crippen molar-refractivity contribution in [1.29, 1.82) is 0 Å². The number of aliphatic hydroxyl groups is 1. The second-order valence-electron chi connectivity index (χ2n) is 6.70. The Balaban J connectivity index is 1.73. The summed E-state index contributed by atoms with van der Waals surface area (Å²) in [6.45, 7) is -0.0601. The number of aliphatic hydroxyl groups excluding tert-OH is 1. The number of nitrogens with zero attached hydrogens (tertiary/aromatic N) is 1. The highest BCUT2D eigenvalue weighted by Crippen LogP contribution is 2.49. The number of benzene rings is 1. The molecule has 0 radical (unpaired) electrons. The Morgan fingerprint density at radius 2 is 2.05 bits per heavy atom. The van der Waals surface area contributed by atoms with Crippen molar-refractivity contribution in [2.75, 3.05) is 20.8 Å². The predicted molar refractivity (Wildman–Crippen MR) is 84.5 cm³/mol. The molecule has 3 rings (SSSR count). The number of hydrogen-bond acceptors (Lipinski definition) is 3. The molecule has 4 heteroatoms. The van der Waals surface area contributed by atoms with Gasteiger partial charge in [0.25, 0.3) is 0 Å². The zero-order chi connectivity index (χ0) is 15.7. The van der Waals surface area contributed by atoms with Crippen LogP contribution in [0.1, 0.15) is 37.3 Å². The molecule has 0 spiro atoms. The Labute approximate surface area is 132 Å². The SMILES string of the molecule is COc1ccc([C@H](CO)N(C)C(=O)[C@@H]2C[C@H]3CC[C@H]2C3)cc1. The van der Waals surface area contributed by atoms with Gasteiger partial charge >= 0.3 is 0 Å². The summed E-state index contributed by atoms with van der Waals surface area (Å²) >= 11 is 0. The van der Waals surface area contributed by atoms with Crippen molar-refractivity contribution in [2.45, 2.75) is 31.7 Å². The average Bonchev–Trinajstić information content (AvgIpc) is 3.18. The van der Waals surface area contributed by atoms with E-state index < -0.39 is 0 Å². The summed E-state index contributed by atoms with van der Waals surface area (Å²) < 4.78 is 5.16. The number of carbonyl (C=O) groups excluding carboxylic acids is 1. The molecule has 1 N–H and O–H groups in total. The average molecular weight is 303 g/mol. The fourth-order valence-electron chi connectivity index (χ4n) is 4.24. The summed E-state index contributed by atoms with van der Waals surface area (Å²) in [4.78, 5) is 14.6.